The van der Waals surface area contributed by atoms with E-state index in [0.717, 1.165) is 29.5 Å². The Morgan fingerprint density at radius 1 is 0.658 bits per heavy atom. The average Bonchev–Trinajstić information content (AvgIpc) is 3.51. The number of hydrogen-bond donors (Lipinski definition) is 3. The van der Waals surface area contributed by atoms with E-state index in [0.29, 0.717) is 13.2 Å². The standard InChI is InChI=1S/C29H20O2.C4H10O3/c30-29(31)17-28(24-13-5-11-22-20-9-3-1-7-18(20)15-26(22)24)25-14-6-12-23-21-10-4-2-8-19(21)16-27(23)25;5-1-3-7-4-2-6/h1-14,17H,15-16H2,(H,30,31);5-6H,1-4H2. The lowest BCUT2D eigenvalue weighted by atomic mass is 9.87. The number of fused-ring (bicyclic) bond motifs is 6. The van der Waals surface area contributed by atoms with E-state index in [1.165, 1.54) is 50.6 Å². The largest absolute Gasteiger partial charge is 0.478 e. The van der Waals surface area contributed by atoms with Gasteiger partial charge >= 0.3 is 5.97 Å². The molecule has 4 aromatic carbocycles. The fraction of sp³-hybridized carbons (Fsp3) is 0.182. The summed E-state index contributed by atoms with van der Waals surface area (Å²) >= 11 is 0. The maximum Gasteiger partial charge on any atom is 0.328 e. The fourth-order valence-corrected chi connectivity index (χ4v) is 5.47. The van der Waals surface area contributed by atoms with Crippen LogP contribution in [0.1, 0.15) is 33.4 Å². The summed E-state index contributed by atoms with van der Waals surface area (Å²) in [6, 6.07) is 29.4. The molecule has 0 amide bonds. The van der Waals surface area contributed by atoms with E-state index in [1.54, 1.807) is 0 Å². The minimum atomic E-state index is -0.920. The fourth-order valence-electron chi connectivity index (χ4n) is 5.47. The minimum absolute atomic E-state index is 0.0278. The average molecular weight is 507 g/mol. The van der Waals surface area contributed by atoms with Crippen LogP contribution in [0, 0.1) is 0 Å². The van der Waals surface area contributed by atoms with E-state index in [2.05, 4.69) is 77.5 Å². The maximum atomic E-state index is 11.9. The molecular weight excluding hydrogens is 476 g/mol. The molecule has 2 aliphatic carbocycles. The van der Waals surface area contributed by atoms with Gasteiger partial charge in [-0.25, -0.2) is 4.79 Å². The molecule has 0 spiro atoms. The Morgan fingerprint density at radius 2 is 1.11 bits per heavy atom. The molecule has 0 radical (unpaired) electrons. The highest BCUT2D eigenvalue weighted by Gasteiger charge is 2.26. The SMILES string of the molecule is O=C(O)C=C(c1cccc2c1Cc1ccccc1-2)c1cccc2c1Cc1ccccc1-2.OCCOCCO. The number of aliphatic carboxylic acids is 1. The van der Waals surface area contributed by atoms with Crippen LogP contribution in [0.2, 0.25) is 0 Å². The molecule has 0 aliphatic heterocycles. The molecule has 0 atom stereocenters. The molecule has 0 aromatic heterocycles. The van der Waals surface area contributed by atoms with Gasteiger partial charge in [0.2, 0.25) is 0 Å². The van der Waals surface area contributed by atoms with Gasteiger partial charge in [-0.1, -0.05) is 84.9 Å². The summed E-state index contributed by atoms with van der Waals surface area (Å²) in [6.07, 6.45) is 3.04. The van der Waals surface area contributed by atoms with E-state index < -0.39 is 5.97 Å². The Kier molecular flexibility index (Phi) is 7.80. The molecule has 3 N–H and O–H groups in total. The lowest BCUT2D eigenvalue weighted by Crippen LogP contribution is -2.03. The van der Waals surface area contributed by atoms with Gasteiger partial charge in [-0.05, 0) is 74.0 Å². The van der Waals surface area contributed by atoms with Crippen molar-refractivity contribution in [1.29, 1.82) is 0 Å². The Hall–Kier alpha value is -4.03. The van der Waals surface area contributed by atoms with Gasteiger partial charge in [-0.2, -0.15) is 0 Å². The summed E-state index contributed by atoms with van der Waals surface area (Å²) in [6.45, 7) is 0.696. The first-order valence-electron chi connectivity index (χ1n) is 12.8. The van der Waals surface area contributed by atoms with Crippen LogP contribution in [0.25, 0.3) is 27.8 Å². The number of carboxylic acids is 1. The van der Waals surface area contributed by atoms with E-state index >= 15 is 0 Å². The Morgan fingerprint density at radius 3 is 1.55 bits per heavy atom. The molecule has 0 unspecified atom stereocenters. The van der Waals surface area contributed by atoms with Crippen molar-refractivity contribution in [2.24, 2.45) is 0 Å². The highest BCUT2D eigenvalue weighted by molar-refractivity contribution is 5.99. The summed E-state index contributed by atoms with van der Waals surface area (Å²) in [7, 11) is 0. The summed E-state index contributed by atoms with van der Waals surface area (Å²) in [4.78, 5) is 11.9. The summed E-state index contributed by atoms with van der Waals surface area (Å²) in [5, 5.41) is 25.9. The van der Waals surface area contributed by atoms with Crippen LogP contribution >= 0.6 is 0 Å². The van der Waals surface area contributed by atoms with Gasteiger partial charge in [0.05, 0.1) is 26.4 Å². The van der Waals surface area contributed by atoms with E-state index in [9.17, 15) is 9.90 Å². The van der Waals surface area contributed by atoms with Crippen LogP contribution in [0.3, 0.4) is 0 Å². The molecule has 0 fully saturated rings. The second-order valence-electron chi connectivity index (χ2n) is 9.29. The second-order valence-corrected chi connectivity index (χ2v) is 9.29. The molecule has 2 aliphatic rings. The van der Waals surface area contributed by atoms with Crippen molar-refractivity contribution in [3.63, 3.8) is 0 Å². The van der Waals surface area contributed by atoms with Crippen molar-refractivity contribution >= 4 is 11.5 Å². The van der Waals surface area contributed by atoms with Gasteiger partial charge in [-0.15, -0.1) is 0 Å². The first-order valence-corrected chi connectivity index (χ1v) is 12.8. The number of aliphatic hydroxyl groups excluding tert-OH is 2. The summed E-state index contributed by atoms with van der Waals surface area (Å²) in [5.74, 6) is -0.920. The van der Waals surface area contributed by atoms with Crippen molar-refractivity contribution in [2.75, 3.05) is 26.4 Å². The maximum absolute atomic E-state index is 11.9. The van der Waals surface area contributed by atoms with Crippen molar-refractivity contribution in [3.8, 4) is 22.3 Å². The van der Waals surface area contributed by atoms with Crippen LogP contribution in [0.15, 0.2) is 91.0 Å². The van der Waals surface area contributed by atoms with Crippen molar-refractivity contribution in [2.45, 2.75) is 12.8 Å². The Bertz CT molecular complexity index is 1400. The molecule has 0 heterocycles. The predicted molar refractivity (Wildman–Crippen MR) is 149 cm³/mol. The van der Waals surface area contributed by atoms with Crippen LogP contribution < -0.4 is 0 Å². The molecule has 4 aromatic rings. The third-order valence-electron chi connectivity index (χ3n) is 7.02. The van der Waals surface area contributed by atoms with Gasteiger partial charge in [-0.3, -0.25) is 0 Å². The molecule has 192 valence electrons. The van der Waals surface area contributed by atoms with Crippen molar-refractivity contribution in [3.05, 3.63) is 124 Å². The van der Waals surface area contributed by atoms with Gasteiger partial charge in [0.25, 0.3) is 0 Å². The highest BCUT2D eigenvalue weighted by atomic mass is 16.5. The molecule has 0 bridgehead atoms. The first kappa shape index (κ1) is 25.6. The normalized spacial score (nSPS) is 11.9. The Balaban J connectivity index is 0.000000374. The Labute approximate surface area is 222 Å². The predicted octanol–water partition coefficient (Wildman–Crippen LogP) is 5.33. The zero-order chi connectivity index (χ0) is 26.5. The van der Waals surface area contributed by atoms with E-state index in [-0.39, 0.29) is 13.2 Å². The first-order chi connectivity index (χ1) is 18.6. The molecule has 6 rings (SSSR count). The lowest BCUT2D eigenvalue weighted by molar-refractivity contribution is -0.131. The monoisotopic (exact) mass is 506 g/mol. The van der Waals surface area contributed by atoms with E-state index in [1.807, 2.05) is 12.1 Å². The molecular formula is C33H30O5. The number of hydrogen-bond acceptors (Lipinski definition) is 4. The van der Waals surface area contributed by atoms with Crippen molar-refractivity contribution in [1.82, 2.24) is 0 Å². The smallest absolute Gasteiger partial charge is 0.328 e. The number of carboxylic acid groups (broad SMARTS) is 1. The van der Waals surface area contributed by atoms with Crippen LogP contribution in [0.4, 0.5) is 0 Å². The number of rotatable bonds is 7. The molecule has 0 saturated carbocycles. The zero-order valence-corrected chi connectivity index (χ0v) is 21.1. The molecule has 5 nitrogen and oxygen atoms in total. The zero-order valence-electron chi connectivity index (χ0n) is 21.1. The number of carbonyl (C=O) groups is 1. The van der Waals surface area contributed by atoms with Crippen LogP contribution in [-0.4, -0.2) is 47.7 Å². The van der Waals surface area contributed by atoms with Gasteiger partial charge < -0.3 is 20.1 Å². The number of aliphatic hydroxyl groups is 2. The molecule has 0 saturated heterocycles. The third-order valence-corrected chi connectivity index (χ3v) is 7.02. The van der Waals surface area contributed by atoms with Gasteiger partial charge in [0, 0.05) is 6.08 Å². The molecule has 5 heteroatoms. The van der Waals surface area contributed by atoms with Crippen LogP contribution in [-0.2, 0) is 22.4 Å². The third kappa shape index (κ3) is 5.04. The minimum Gasteiger partial charge on any atom is -0.478 e. The number of benzene rings is 4. The second kappa shape index (κ2) is 11.6. The quantitative estimate of drug-likeness (QED) is 0.201. The van der Waals surface area contributed by atoms with Gasteiger partial charge in [0.1, 0.15) is 0 Å². The summed E-state index contributed by atoms with van der Waals surface area (Å²) in [5.41, 5.74) is 12.8. The summed E-state index contributed by atoms with van der Waals surface area (Å²) < 4.78 is 4.63. The van der Waals surface area contributed by atoms with Crippen molar-refractivity contribution < 1.29 is 24.9 Å². The van der Waals surface area contributed by atoms with Crippen LogP contribution in [0.5, 0.6) is 0 Å². The topological polar surface area (TPSA) is 87.0 Å². The lowest BCUT2D eigenvalue weighted by Gasteiger charge is -2.16. The van der Waals surface area contributed by atoms with E-state index in [4.69, 9.17) is 10.2 Å². The van der Waals surface area contributed by atoms with Gasteiger partial charge in [0.15, 0.2) is 0 Å². The molecule has 38 heavy (non-hydrogen) atoms. The highest BCUT2D eigenvalue weighted by Crippen LogP contribution is 2.45. The number of ether oxygens (including phenoxy) is 1.